The van der Waals surface area contributed by atoms with Crippen LogP contribution in [-0.2, 0) is 10.0 Å². The van der Waals surface area contributed by atoms with Crippen LogP contribution in [0, 0.1) is 0 Å². The Morgan fingerprint density at radius 1 is 1.16 bits per heavy atom. The third-order valence-corrected chi connectivity index (χ3v) is 5.49. The van der Waals surface area contributed by atoms with Crippen LogP contribution in [0.4, 0.5) is 0 Å². The van der Waals surface area contributed by atoms with E-state index in [0.717, 1.165) is 32.4 Å². The first kappa shape index (κ1) is 15.2. The maximum absolute atomic E-state index is 11.9. The first-order valence-corrected chi connectivity index (χ1v) is 9.24. The van der Waals surface area contributed by atoms with Crippen LogP contribution in [0.3, 0.4) is 0 Å². The molecule has 2 aliphatic rings. The Hall–Kier alpha value is -0.170. The molecule has 6 heteroatoms. The van der Waals surface area contributed by atoms with Gasteiger partial charge in [0.25, 0.3) is 0 Å². The Bertz CT molecular complexity index is 347. The minimum Gasteiger partial charge on any atom is -0.313 e. The quantitative estimate of drug-likeness (QED) is 0.671. The highest BCUT2D eigenvalue weighted by atomic mass is 32.2. The fraction of sp³-hybridized carbons (Fsp3) is 1.00. The molecule has 0 aromatic heterocycles. The van der Waals surface area contributed by atoms with Crippen molar-refractivity contribution in [2.45, 2.75) is 44.6 Å². The fourth-order valence-electron chi connectivity index (χ4n) is 2.93. The molecule has 0 radical (unpaired) electrons. The smallest absolute Gasteiger partial charge is 0.213 e. The van der Waals surface area contributed by atoms with Crippen LogP contribution in [-0.4, -0.2) is 57.8 Å². The summed E-state index contributed by atoms with van der Waals surface area (Å²) in [7, 11) is -3.11. The van der Waals surface area contributed by atoms with E-state index in [2.05, 4.69) is 14.9 Å². The van der Waals surface area contributed by atoms with Crippen molar-refractivity contribution in [2.75, 3.05) is 38.5 Å². The minimum absolute atomic E-state index is 0.143. The molecule has 1 atom stereocenters. The molecule has 0 amide bonds. The van der Waals surface area contributed by atoms with Gasteiger partial charge >= 0.3 is 0 Å². The number of hydrogen-bond acceptors (Lipinski definition) is 4. The van der Waals surface area contributed by atoms with Gasteiger partial charge in [0.05, 0.1) is 5.75 Å². The summed E-state index contributed by atoms with van der Waals surface area (Å²) >= 11 is 0. The van der Waals surface area contributed by atoms with Gasteiger partial charge in [0.15, 0.2) is 0 Å². The zero-order chi connectivity index (χ0) is 13.6. The molecule has 0 spiro atoms. The Morgan fingerprint density at radius 2 is 1.95 bits per heavy atom. The Kier molecular flexibility index (Phi) is 6.06. The van der Waals surface area contributed by atoms with E-state index in [4.69, 9.17) is 0 Å². The average Bonchev–Trinajstić information content (AvgIpc) is 2.88. The third kappa shape index (κ3) is 5.77. The molecular weight excluding hydrogens is 262 g/mol. The highest BCUT2D eigenvalue weighted by Gasteiger charge is 2.20. The average molecular weight is 289 g/mol. The summed E-state index contributed by atoms with van der Waals surface area (Å²) in [5, 5.41) is 3.28. The number of likely N-dealkylation sites (tertiary alicyclic amines) is 1. The standard InChI is InChI=1S/C13H27N3O2S/c17-19(18,12-13-6-1-2-7-14-13)15-8-5-11-16-9-3-4-10-16/h13-15H,1-12H2. The lowest BCUT2D eigenvalue weighted by molar-refractivity contribution is 0.334. The summed E-state index contributed by atoms with van der Waals surface area (Å²) in [6.45, 7) is 4.91. The van der Waals surface area contributed by atoms with Crippen LogP contribution in [0.1, 0.15) is 38.5 Å². The van der Waals surface area contributed by atoms with E-state index in [9.17, 15) is 8.42 Å². The number of hydrogen-bond donors (Lipinski definition) is 2. The Labute approximate surface area is 117 Å². The number of rotatable bonds is 7. The molecule has 2 fully saturated rings. The van der Waals surface area contributed by atoms with Gasteiger partial charge < -0.3 is 10.2 Å². The fourth-order valence-corrected chi connectivity index (χ4v) is 4.31. The summed E-state index contributed by atoms with van der Waals surface area (Å²) in [5.41, 5.74) is 0. The lowest BCUT2D eigenvalue weighted by atomic mass is 10.1. The van der Waals surface area contributed by atoms with Gasteiger partial charge in [-0.15, -0.1) is 0 Å². The molecule has 2 aliphatic heterocycles. The van der Waals surface area contributed by atoms with Crippen molar-refractivity contribution in [2.24, 2.45) is 0 Å². The molecule has 2 rings (SSSR count). The van der Waals surface area contributed by atoms with Crippen molar-refractivity contribution in [3.8, 4) is 0 Å². The first-order valence-electron chi connectivity index (χ1n) is 7.59. The summed E-state index contributed by atoms with van der Waals surface area (Å²) < 4.78 is 26.6. The summed E-state index contributed by atoms with van der Waals surface area (Å²) in [6.07, 6.45) is 6.78. The normalized spacial score (nSPS) is 25.8. The highest BCUT2D eigenvalue weighted by Crippen LogP contribution is 2.09. The number of sulfonamides is 1. The second kappa shape index (κ2) is 7.57. The predicted octanol–water partition coefficient (Wildman–Crippen LogP) is 0.534. The zero-order valence-electron chi connectivity index (χ0n) is 11.7. The lowest BCUT2D eigenvalue weighted by Crippen LogP contribution is -2.43. The van der Waals surface area contributed by atoms with Crippen molar-refractivity contribution >= 4 is 10.0 Å². The van der Waals surface area contributed by atoms with Gasteiger partial charge in [0, 0.05) is 12.6 Å². The van der Waals surface area contributed by atoms with E-state index in [1.54, 1.807) is 0 Å². The number of nitrogens with one attached hydrogen (secondary N) is 2. The van der Waals surface area contributed by atoms with Crippen molar-refractivity contribution in [3.05, 3.63) is 0 Å². The molecule has 5 nitrogen and oxygen atoms in total. The maximum Gasteiger partial charge on any atom is 0.213 e. The molecule has 2 saturated heterocycles. The van der Waals surface area contributed by atoms with Crippen LogP contribution >= 0.6 is 0 Å². The van der Waals surface area contributed by atoms with Gasteiger partial charge in [-0.3, -0.25) is 0 Å². The maximum atomic E-state index is 11.9. The monoisotopic (exact) mass is 289 g/mol. The van der Waals surface area contributed by atoms with E-state index in [-0.39, 0.29) is 11.8 Å². The van der Waals surface area contributed by atoms with E-state index >= 15 is 0 Å². The van der Waals surface area contributed by atoms with Crippen molar-refractivity contribution in [1.82, 2.24) is 14.9 Å². The molecule has 2 N–H and O–H groups in total. The first-order chi connectivity index (χ1) is 9.16. The molecule has 0 saturated carbocycles. The van der Waals surface area contributed by atoms with E-state index in [1.807, 2.05) is 0 Å². The lowest BCUT2D eigenvalue weighted by Gasteiger charge is -2.23. The van der Waals surface area contributed by atoms with Crippen molar-refractivity contribution in [1.29, 1.82) is 0 Å². The topological polar surface area (TPSA) is 61.4 Å². The van der Waals surface area contributed by atoms with E-state index in [0.29, 0.717) is 6.54 Å². The second-order valence-corrected chi connectivity index (χ2v) is 7.58. The van der Waals surface area contributed by atoms with Crippen LogP contribution in [0.25, 0.3) is 0 Å². The SMILES string of the molecule is O=S(=O)(CC1CCCCN1)NCCCN1CCCC1. The zero-order valence-corrected chi connectivity index (χ0v) is 12.6. The summed E-state index contributed by atoms with van der Waals surface area (Å²) in [6, 6.07) is 0.143. The summed E-state index contributed by atoms with van der Waals surface area (Å²) in [4.78, 5) is 2.41. The Morgan fingerprint density at radius 3 is 2.63 bits per heavy atom. The second-order valence-electron chi connectivity index (χ2n) is 5.72. The van der Waals surface area contributed by atoms with Gasteiger partial charge in [-0.2, -0.15) is 0 Å². The molecule has 1 unspecified atom stereocenters. The molecule has 112 valence electrons. The van der Waals surface area contributed by atoms with Crippen molar-refractivity contribution in [3.63, 3.8) is 0 Å². The molecular formula is C13H27N3O2S. The van der Waals surface area contributed by atoms with Crippen LogP contribution in [0.2, 0.25) is 0 Å². The third-order valence-electron chi connectivity index (χ3n) is 4.00. The van der Waals surface area contributed by atoms with Gasteiger partial charge in [0.2, 0.25) is 10.0 Å². The van der Waals surface area contributed by atoms with Gasteiger partial charge in [0.1, 0.15) is 0 Å². The highest BCUT2D eigenvalue weighted by molar-refractivity contribution is 7.89. The molecule has 0 aromatic rings. The number of piperidine rings is 1. The van der Waals surface area contributed by atoms with Crippen LogP contribution in [0.5, 0.6) is 0 Å². The predicted molar refractivity (Wildman–Crippen MR) is 77.7 cm³/mol. The largest absolute Gasteiger partial charge is 0.313 e. The molecule has 0 bridgehead atoms. The van der Waals surface area contributed by atoms with Gasteiger partial charge in [-0.25, -0.2) is 13.1 Å². The molecule has 0 aromatic carbocycles. The van der Waals surface area contributed by atoms with E-state index < -0.39 is 10.0 Å². The molecule has 0 aliphatic carbocycles. The number of nitrogens with zero attached hydrogens (tertiary/aromatic N) is 1. The molecule has 2 heterocycles. The Balaban J connectivity index is 1.60. The van der Waals surface area contributed by atoms with Gasteiger partial charge in [-0.1, -0.05) is 6.42 Å². The molecule has 19 heavy (non-hydrogen) atoms. The van der Waals surface area contributed by atoms with Crippen LogP contribution in [0.15, 0.2) is 0 Å². The van der Waals surface area contributed by atoms with E-state index in [1.165, 1.54) is 32.4 Å². The van der Waals surface area contributed by atoms with Crippen LogP contribution < -0.4 is 10.0 Å². The van der Waals surface area contributed by atoms with Gasteiger partial charge in [-0.05, 0) is 58.3 Å². The van der Waals surface area contributed by atoms with Crippen molar-refractivity contribution < 1.29 is 8.42 Å². The minimum atomic E-state index is -3.11. The summed E-state index contributed by atoms with van der Waals surface area (Å²) in [5.74, 6) is 0.233.